The minimum atomic E-state index is -0.547. The van der Waals surface area contributed by atoms with Gasteiger partial charge in [0.15, 0.2) is 0 Å². The molecule has 1 saturated heterocycles. The molecule has 3 aromatic carbocycles. The van der Waals surface area contributed by atoms with Crippen LogP contribution in [-0.2, 0) is 14.4 Å². The standard InChI is InChI=1S/C26H27N3O5/c1-28(16-24(30)27-21-10-6-8-17-7-4-5-9-20(17)21)26(32)18-13-25(31)29(15-18)22-12-11-19(33-2)14-23(22)34-3/h4-12,14,18H,13,15-16H2,1-3H3,(H,27,30)/t18-/m0/s1. The van der Waals surface area contributed by atoms with E-state index in [-0.39, 0.29) is 37.2 Å². The third kappa shape index (κ3) is 4.66. The summed E-state index contributed by atoms with van der Waals surface area (Å²) in [5.74, 6) is -0.174. The van der Waals surface area contributed by atoms with E-state index in [1.165, 1.54) is 12.0 Å². The Hall–Kier alpha value is -4.07. The molecule has 8 nitrogen and oxygen atoms in total. The highest BCUT2D eigenvalue weighted by molar-refractivity contribution is 6.04. The van der Waals surface area contributed by atoms with Crippen LogP contribution >= 0.6 is 0 Å². The molecule has 3 aromatic rings. The lowest BCUT2D eigenvalue weighted by atomic mass is 10.1. The van der Waals surface area contributed by atoms with Gasteiger partial charge >= 0.3 is 0 Å². The van der Waals surface area contributed by atoms with Crippen molar-refractivity contribution in [3.63, 3.8) is 0 Å². The number of hydrogen-bond acceptors (Lipinski definition) is 5. The molecule has 1 N–H and O–H groups in total. The molecule has 1 heterocycles. The van der Waals surface area contributed by atoms with E-state index in [4.69, 9.17) is 9.47 Å². The maximum Gasteiger partial charge on any atom is 0.244 e. The van der Waals surface area contributed by atoms with Crippen LogP contribution in [0.1, 0.15) is 6.42 Å². The quantitative estimate of drug-likeness (QED) is 0.583. The molecule has 1 aliphatic heterocycles. The summed E-state index contributed by atoms with van der Waals surface area (Å²) in [5, 5.41) is 4.84. The average molecular weight is 462 g/mol. The first-order valence-corrected chi connectivity index (χ1v) is 11.0. The van der Waals surface area contributed by atoms with Crippen molar-refractivity contribution in [3.8, 4) is 11.5 Å². The summed E-state index contributed by atoms with van der Waals surface area (Å²) in [6.07, 6.45) is 0.0727. The summed E-state index contributed by atoms with van der Waals surface area (Å²) in [5.41, 5.74) is 1.28. The van der Waals surface area contributed by atoms with Crippen molar-refractivity contribution < 1.29 is 23.9 Å². The Balaban J connectivity index is 1.41. The average Bonchev–Trinajstić information content (AvgIpc) is 3.24. The van der Waals surface area contributed by atoms with Crippen molar-refractivity contribution in [2.24, 2.45) is 5.92 Å². The Morgan fingerprint density at radius 3 is 2.59 bits per heavy atom. The lowest BCUT2D eigenvalue weighted by Gasteiger charge is -2.22. The van der Waals surface area contributed by atoms with E-state index in [0.717, 1.165) is 10.8 Å². The number of rotatable bonds is 7. The number of benzene rings is 3. The fraction of sp³-hybridized carbons (Fsp3) is 0.269. The van der Waals surface area contributed by atoms with E-state index in [0.29, 0.717) is 22.9 Å². The Bertz CT molecular complexity index is 1240. The molecule has 176 valence electrons. The molecular weight excluding hydrogens is 434 g/mol. The number of anilines is 2. The van der Waals surface area contributed by atoms with Crippen LogP contribution in [0, 0.1) is 5.92 Å². The van der Waals surface area contributed by atoms with Crippen molar-refractivity contribution in [3.05, 3.63) is 60.7 Å². The molecule has 0 spiro atoms. The number of carbonyl (C=O) groups excluding carboxylic acids is 3. The Kier molecular flexibility index (Phi) is 6.67. The monoisotopic (exact) mass is 461 g/mol. The number of fused-ring (bicyclic) bond motifs is 1. The molecule has 0 saturated carbocycles. The number of amides is 3. The van der Waals surface area contributed by atoms with Crippen LogP contribution in [0.4, 0.5) is 11.4 Å². The highest BCUT2D eigenvalue weighted by Crippen LogP contribution is 2.36. The second kappa shape index (κ2) is 9.82. The SMILES string of the molecule is COc1ccc(N2C[C@@H](C(=O)N(C)CC(=O)Nc3cccc4ccccc34)CC2=O)c(OC)c1. The predicted octanol–water partition coefficient (Wildman–Crippen LogP) is 3.31. The number of carbonyl (C=O) groups is 3. The first-order chi connectivity index (χ1) is 16.4. The molecule has 0 aromatic heterocycles. The summed E-state index contributed by atoms with van der Waals surface area (Å²) in [6, 6.07) is 18.6. The molecule has 1 aliphatic rings. The molecule has 1 atom stereocenters. The summed E-state index contributed by atoms with van der Waals surface area (Å²) < 4.78 is 10.6. The summed E-state index contributed by atoms with van der Waals surface area (Å²) in [6.45, 7) is 0.105. The number of nitrogens with zero attached hydrogens (tertiary/aromatic N) is 2. The first-order valence-electron chi connectivity index (χ1n) is 11.0. The van der Waals surface area contributed by atoms with E-state index < -0.39 is 5.92 Å². The van der Waals surface area contributed by atoms with Crippen LogP contribution in [0.2, 0.25) is 0 Å². The fourth-order valence-electron chi connectivity index (χ4n) is 4.24. The molecule has 0 unspecified atom stereocenters. The molecule has 34 heavy (non-hydrogen) atoms. The van der Waals surface area contributed by atoms with Gasteiger partial charge in [-0.25, -0.2) is 0 Å². The summed E-state index contributed by atoms with van der Waals surface area (Å²) >= 11 is 0. The highest BCUT2D eigenvalue weighted by Gasteiger charge is 2.38. The van der Waals surface area contributed by atoms with Crippen LogP contribution in [0.3, 0.4) is 0 Å². The van der Waals surface area contributed by atoms with E-state index >= 15 is 0 Å². The largest absolute Gasteiger partial charge is 0.497 e. The van der Waals surface area contributed by atoms with Crippen molar-refractivity contribution in [1.82, 2.24) is 4.90 Å². The predicted molar refractivity (Wildman–Crippen MR) is 130 cm³/mol. The lowest BCUT2D eigenvalue weighted by molar-refractivity contribution is -0.137. The van der Waals surface area contributed by atoms with E-state index in [9.17, 15) is 14.4 Å². The zero-order valence-electron chi connectivity index (χ0n) is 19.4. The number of methoxy groups -OCH3 is 2. The normalized spacial score (nSPS) is 15.3. The second-order valence-electron chi connectivity index (χ2n) is 8.21. The van der Waals surface area contributed by atoms with Crippen LogP contribution < -0.4 is 19.7 Å². The Morgan fingerprint density at radius 2 is 1.82 bits per heavy atom. The fourth-order valence-corrected chi connectivity index (χ4v) is 4.24. The number of hydrogen-bond donors (Lipinski definition) is 1. The minimum Gasteiger partial charge on any atom is -0.497 e. The van der Waals surface area contributed by atoms with Crippen molar-refractivity contribution >= 4 is 39.9 Å². The van der Waals surface area contributed by atoms with Gasteiger partial charge in [-0.2, -0.15) is 0 Å². The third-order valence-corrected chi connectivity index (χ3v) is 5.97. The molecule has 4 rings (SSSR count). The van der Waals surface area contributed by atoms with Crippen LogP contribution in [0.25, 0.3) is 10.8 Å². The second-order valence-corrected chi connectivity index (χ2v) is 8.21. The third-order valence-electron chi connectivity index (χ3n) is 5.97. The van der Waals surface area contributed by atoms with Gasteiger partial charge in [0.25, 0.3) is 0 Å². The van der Waals surface area contributed by atoms with Crippen LogP contribution in [0.5, 0.6) is 11.5 Å². The van der Waals surface area contributed by atoms with Gasteiger partial charge in [-0.1, -0.05) is 36.4 Å². The number of likely N-dealkylation sites (N-methyl/N-ethyl adjacent to an activating group) is 1. The van der Waals surface area contributed by atoms with Crippen molar-refractivity contribution in [1.29, 1.82) is 0 Å². The summed E-state index contributed by atoms with van der Waals surface area (Å²) in [7, 11) is 4.65. The maximum atomic E-state index is 13.0. The lowest BCUT2D eigenvalue weighted by Crippen LogP contribution is -2.39. The smallest absolute Gasteiger partial charge is 0.244 e. The molecule has 3 amide bonds. The van der Waals surface area contributed by atoms with Gasteiger partial charge in [-0.15, -0.1) is 0 Å². The minimum absolute atomic E-state index is 0.0727. The molecule has 0 aliphatic carbocycles. The Labute approximate surface area is 198 Å². The zero-order valence-corrected chi connectivity index (χ0v) is 19.4. The number of nitrogens with one attached hydrogen (secondary N) is 1. The van der Waals surface area contributed by atoms with Gasteiger partial charge in [0.2, 0.25) is 17.7 Å². The van der Waals surface area contributed by atoms with Gasteiger partial charge in [-0.3, -0.25) is 14.4 Å². The highest BCUT2D eigenvalue weighted by atomic mass is 16.5. The van der Waals surface area contributed by atoms with E-state index in [1.807, 2.05) is 42.5 Å². The molecular formula is C26H27N3O5. The van der Waals surface area contributed by atoms with Crippen molar-refractivity contribution in [2.75, 3.05) is 44.6 Å². The molecule has 1 fully saturated rings. The maximum absolute atomic E-state index is 13.0. The van der Waals surface area contributed by atoms with Crippen molar-refractivity contribution in [2.45, 2.75) is 6.42 Å². The molecule has 0 radical (unpaired) electrons. The first kappa shape index (κ1) is 23.1. The summed E-state index contributed by atoms with van der Waals surface area (Å²) in [4.78, 5) is 41.3. The number of ether oxygens (including phenoxy) is 2. The molecule has 0 bridgehead atoms. The van der Waals surface area contributed by atoms with Gasteiger partial charge in [0.05, 0.1) is 32.4 Å². The van der Waals surface area contributed by atoms with Gasteiger partial charge in [0.1, 0.15) is 11.5 Å². The van der Waals surface area contributed by atoms with Crippen LogP contribution in [-0.4, -0.2) is 57.0 Å². The van der Waals surface area contributed by atoms with Crippen LogP contribution in [0.15, 0.2) is 60.7 Å². The van der Waals surface area contributed by atoms with Gasteiger partial charge in [-0.05, 0) is 23.6 Å². The Morgan fingerprint density at radius 1 is 1.06 bits per heavy atom. The van der Waals surface area contributed by atoms with E-state index in [2.05, 4.69) is 5.32 Å². The van der Waals surface area contributed by atoms with Gasteiger partial charge in [0, 0.05) is 37.2 Å². The van der Waals surface area contributed by atoms with Gasteiger partial charge < -0.3 is 24.6 Å². The zero-order chi connectivity index (χ0) is 24.2. The molecule has 8 heteroatoms. The van der Waals surface area contributed by atoms with E-state index in [1.54, 1.807) is 37.3 Å². The topological polar surface area (TPSA) is 88.2 Å².